The quantitative estimate of drug-likeness (QED) is 0.573. The Bertz CT molecular complexity index is 168. The summed E-state index contributed by atoms with van der Waals surface area (Å²) >= 11 is 0. The van der Waals surface area contributed by atoms with Crippen LogP contribution in [0.5, 0.6) is 0 Å². The van der Waals surface area contributed by atoms with Gasteiger partial charge in [0.05, 0.1) is 0 Å². The number of carboxylic acid groups (broad SMARTS) is 1. The summed E-state index contributed by atoms with van der Waals surface area (Å²) in [5.41, 5.74) is 6.03. The first-order valence-corrected chi connectivity index (χ1v) is 7.49. The zero-order valence-corrected chi connectivity index (χ0v) is 12.6. The molecular formula is C15H33NO2. The van der Waals surface area contributed by atoms with E-state index in [0.717, 1.165) is 6.92 Å². The molecule has 0 spiro atoms. The van der Waals surface area contributed by atoms with E-state index in [-0.39, 0.29) is 0 Å². The van der Waals surface area contributed by atoms with Crippen molar-refractivity contribution in [3.63, 3.8) is 0 Å². The lowest BCUT2D eigenvalue weighted by Crippen LogP contribution is -2.19. The van der Waals surface area contributed by atoms with Crippen LogP contribution in [0.25, 0.3) is 0 Å². The van der Waals surface area contributed by atoms with Crippen LogP contribution >= 0.6 is 0 Å². The van der Waals surface area contributed by atoms with Crippen molar-refractivity contribution in [1.82, 2.24) is 0 Å². The summed E-state index contributed by atoms with van der Waals surface area (Å²) in [5.74, 6) is -0.833. The predicted octanol–water partition coefficient (Wildman–Crippen LogP) is 4.35. The van der Waals surface area contributed by atoms with Crippen molar-refractivity contribution in [3.8, 4) is 0 Å². The van der Waals surface area contributed by atoms with Gasteiger partial charge in [0, 0.05) is 13.0 Å². The highest BCUT2D eigenvalue weighted by Crippen LogP contribution is 2.10. The van der Waals surface area contributed by atoms with Gasteiger partial charge >= 0.3 is 0 Å². The highest BCUT2D eigenvalue weighted by Gasteiger charge is 2.01. The molecule has 110 valence electrons. The summed E-state index contributed by atoms with van der Waals surface area (Å²) in [4.78, 5) is 9.00. The van der Waals surface area contributed by atoms with Crippen molar-refractivity contribution in [2.24, 2.45) is 5.73 Å². The lowest BCUT2D eigenvalue weighted by molar-refractivity contribution is -0.134. The molecule has 0 aromatic heterocycles. The Morgan fingerprint density at radius 3 is 1.72 bits per heavy atom. The maximum Gasteiger partial charge on any atom is 0.300 e. The second kappa shape index (κ2) is 16.4. The van der Waals surface area contributed by atoms with Gasteiger partial charge in [-0.1, -0.05) is 65.2 Å². The van der Waals surface area contributed by atoms with Gasteiger partial charge in [-0.05, 0) is 12.8 Å². The molecular weight excluding hydrogens is 226 g/mol. The highest BCUT2D eigenvalue weighted by molar-refractivity contribution is 5.62. The summed E-state index contributed by atoms with van der Waals surface area (Å²) in [7, 11) is 0. The molecule has 0 heterocycles. The first kappa shape index (κ1) is 19.8. The van der Waals surface area contributed by atoms with E-state index in [9.17, 15) is 0 Å². The Labute approximate surface area is 113 Å². The van der Waals surface area contributed by atoms with Crippen molar-refractivity contribution < 1.29 is 9.90 Å². The van der Waals surface area contributed by atoms with Gasteiger partial charge in [-0.15, -0.1) is 0 Å². The van der Waals surface area contributed by atoms with E-state index in [4.69, 9.17) is 15.6 Å². The van der Waals surface area contributed by atoms with Crippen LogP contribution < -0.4 is 5.73 Å². The molecule has 3 N–H and O–H groups in total. The average Bonchev–Trinajstić information content (AvgIpc) is 2.28. The van der Waals surface area contributed by atoms with Crippen molar-refractivity contribution in [2.45, 2.75) is 91.0 Å². The summed E-state index contributed by atoms with van der Waals surface area (Å²) in [6, 6.07) is 0.475. The molecule has 3 nitrogen and oxygen atoms in total. The Morgan fingerprint density at radius 2 is 1.28 bits per heavy atom. The number of hydrogen-bond donors (Lipinski definition) is 2. The van der Waals surface area contributed by atoms with Gasteiger partial charge in [0.1, 0.15) is 0 Å². The van der Waals surface area contributed by atoms with E-state index >= 15 is 0 Å². The summed E-state index contributed by atoms with van der Waals surface area (Å²) in [5, 5.41) is 7.42. The predicted molar refractivity (Wildman–Crippen MR) is 78.8 cm³/mol. The molecule has 0 bridgehead atoms. The number of hydrogen-bond acceptors (Lipinski definition) is 2. The minimum Gasteiger partial charge on any atom is -0.481 e. The Hall–Kier alpha value is -0.570. The van der Waals surface area contributed by atoms with E-state index in [0.29, 0.717) is 6.04 Å². The molecule has 0 rings (SSSR count). The summed E-state index contributed by atoms with van der Waals surface area (Å²) in [6.45, 7) is 5.59. The monoisotopic (exact) mass is 259 g/mol. The van der Waals surface area contributed by atoms with Gasteiger partial charge in [0.2, 0.25) is 0 Å². The molecule has 0 aliphatic carbocycles. The van der Waals surface area contributed by atoms with Crippen LogP contribution in [0.15, 0.2) is 0 Å². The first-order valence-electron chi connectivity index (χ1n) is 7.49. The number of carboxylic acids is 1. The van der Waals surface area contributed by atoms with Crippen molar-refractivity contribution in [3.05, 3.63) is 0 Å². The molecule has 0 saturated heterocycles. The smallest absolute Gasteiger partial charge is 0.300 e. The number of nitrogens with two attached hydrogens (primary N) is 1. The molecule has 0 aliphatic rings. The number of carbonyl (C=O) groups is 1. The second-order valence-electron chi connectivity index (χ2n) is 4.98. The summed E-state index contributed by atoms with van der Waals surface area (Å²) < 4.78 is 0. The van der Waals surface area contributed by atoms with Crippen molar-refractivity contribution in [1.29, 1.82) is 0 Å². The molecule has 1 unspecified atom stereocenters. The fourth-order valence-corrected chi connectivity index (χ4v) is 1.81. The lowest BCUT2D eigenvalue weighted by Gasteiger charge is -2.10. The average molecular weight is 259 g/mol. The van der Waals surface area contributed by atoms with Gasteiger partial charge in [0.25, 0.3) is 5.97 Å². The molecule has 0 aromatic rings. The van der Waals surface area contributed by atoms with Gasteiger partial charge in [0.15, 0.2) is 0 Å². The zero-order valence-electron chi connectivity index (χ0n) is 12.6. The van der Waals surface area contributed by atoms with Crippen molar-refractivity contribution in [2.75, 3.05) is 0 Å². The Kier molecular flexibility index (Phi) is 18.0. The maximum atomic E-state index is 9.00. The molecule has 0 aromatic carbocycles. The highest BCUT2D eigenvalue weighted by atomic mass is 16.4. The molecule has 18 heavy (non-hydrogen) atoms. The fraction of sp³-hybridized carbons (Fsp3) is 0.933. The second-order valence-corrected chi connectivity index (χ2v) is 4.98. The van der Waals surface area contributed by atoms with Crippen LogP contribution in [0, 0.1) is 0 Å². The molecule has 0 aliphatic heterocycles. The molecule has 0 amide bonds. The fourth-order valence-electron chi connectivity index (χ4n) is 1.81. The SMILES string of the molecule is CC(=O)O.CCCCCCCC(N)CCCCC. The Morgan fingerprint density at radius 1 is 0.944 bits per heavy atom. The van der Waals surface area contributed by atoms with Crippen LogP contribution in [-0.2, 0) is 4.79 Å². The topological polar surface area (TPSA) is 63.3 Å². The van der Waals surface area contributed by atoms with E-state index in [1.807, 2.05) is 0 Å². The number of unbranched alkanes of at least 4 members (excludes halogenated alkanes) is 6. The third-order valence-electron chi connectivity index (χ3n) is 2.86. The van der Waals surface area contributed by atoms with E-state index in [1.165, 1.54) is 64.2 Å². The van der Waals surface area contributed by atoms with Gasteiger partial charge < -0.3 is 10.8 Å². The molecule has 0 saturated carbocycles. The number of rotatable bonds is 10. The number of aliphatic carboxylic acids is 1. The molecule has 0 radical (unpaired) electrons. The minimum absolute atomic E-state index is 0.475. The standard InChI is InChI=1S/C13H29N.C2H4O2/c1-3-5-7-8-10-12-13(14)11-9-6-4-2;1-2(3)4/h13H,3-12,14H2,1-2H3;1H3,(H,3,4). The third kappa shape index (κ3) is 24.6. The van der Waals surface area contributed by atoms with E-state index in [1.54, 1.807) is 0 Å². The van der Waals surface area contributed by atoms with Crippen LogP contribution in [-0.4, -0.2) is 17.1 Å². The lowest BCUT2D eigenvalue weighted by atomic mass is 10.0. The van der Waals surface area contributed by atoms with E-state index < -0.39 is 5.97 Å². The van der Waals surface area contributed by atoms with Gasteiger partial charge in [-0.3, -0.25) is 4.79 Å². The molecule has 1 atom stereocenters. The van der Waals surface area contributed by atoms with Gasteiger partial charge in [-0.25, -0.2) is 0 Å². The maximum absolute atomic E-state index is 9.00. The van der Waals surface area contributed by atoms with Crippen LogP contribution in [0.3, 0.4) is 0 Å². The van der Waals surface area contributed by atoms with Crippen LogP contribution in [0.2, 0.25) is 0 Å². The van der Waals surface area contributed by atoms with E-state index in [2.05, 4.69) is 13.8 Å². The normalized spacial score (nSPS) is 11.6. The first-order chi connectivity index (χ1) is 8.54. The molecule has 0 fully saturated rings. The van der Waals surface area contributed by atoms with Crippen LogP contribution in [0.1, 0.15) is 85.0 Å². The molecule has 3 heteroatoms. The van der Waals surface area contributed by atoms with Crippen LogP contribution in [0.4, 0.5) is 0 Å². The Balaban J connectivity index is 0. The summed E-state index contributed by atoms with van der Waals surface area (Å²) in [6.07, 6.45) is 13.3. The van der Waals surface area contributed by atoms with Gasteiger partial charge in [-0.2, -0.15) is 0 Å². The largest absolute Gasteiger partial charge is 0.481 e. The third-order valence-corrected chi connectivity index (χ3v) is 2.86. The zero-order chi connectivity index (χ0) is 14.2. The van der Waals surface area contributed by atoms with Crippen molar-refractivity contribution >= 4 is 5.97 Å². The minimum atomic E-state index is -0.833.